The lowest BCUT2D eigenvalue weighted by atomic mass is 10.2. The first kappa shape index (κ1) is 7.54. The molecule has 0 aromatic heterocycles. The molecule has 1 amide bonds. The second-order valence-corrected chi connectivity index (χ2v) is 2.87. The van der Waals surface area contributed by atoms with Gasteiger partial charge in [-0.15, -0.1) is 0 Å². The Morgan fingerprint density at radius 2 is 2.20 bits per heavy atom. The average molecular weight is 142 g/mol. The smallest absolute Gasteiger partial charge is 0.237 e. The minimum absolute atomic E-state index is 0.0232. The molecule has 3 nitrogen and oxygen atoms in total. The zero-order chi connectivity index (χ0) is 7.56. The Hall–Kier alpha value is -0.570. The quantitative estimate of drug-likeness (QED) is 0.495. The zero-order valence-corrected chi connectivity index (χ0v) is 6.48. The van der Waals surface area contributed by atoms with E-state index in [1.807, 2.05) is 13.8 Å². The van der Waals surface area contributed by atoms with E-state index in [0.29, 0.717) is 6.04 Å². The fraction of sp³-hybridized carbons (Fsp3) is 0.857. The van der Waals surface area contributed by atoms with E-state index < -0.39 is 0 Å². The van der Waals surface area contributed by atoms with Crippen LogP contribution in [0, 0.1) is 0 Å². The van der Waals surface area contributed by atoms with Crippen LogP contribution in [0.15, 0.2) is 0 Å². The molecule has 0 aromatic rings. The summed E-state index contributed by atoms with van der Waals surface area (Å²) in [4.78, 5) is 11.1. The number of rotatable bonds is 0. The normalized spacial score (nSPS) is 34.8. The first-order valence-electron chi connectivity index (χ1n) is 3.74. The maximum Gasteiger partial charge on any atom is 0.237 e. The van der Waals surface area contributed by atoms with E-state index in [-0.39, 0.29) is 11.9 Å². The van der Waals surface area contributed by atoms with Gasteiger partial charge in [-0.1, -0.05) is 0 Å². The van der Waals surface area contributed by atoms with Crippen molar-refractivity contribution < 1.29 is 4.79 Å². The van der Waals surface area contributed by atoms with Crippen LogP contribution in [-0.4, -0.2) is 24.5 Å². The van der Waals surface area contributed by atoms with Crippen LogP contribution in [0.1, 0.15) is 20.3 Å². The molecule has 0 bridgehead atoms. The van der Waals surface area contributed by atoms with E-state index in [9.17, 15) is 4.79 Å². The molecule has 1 heterocycles. The van der Waals surface area contributed by atoms with Crippen molar-refractivity contribution in [2.75, 3.05) is 6.54 Å². The van der Waals surface area contributed by atoms with E-state index >= 15 is 0 Å². The van der Waals surface area contributed by atoms with E-state index in [1.54, 1.807) is 0 Å². The Bertz CT molecular complexity index is 136. The molecule has 10 heavy (non-hydrogen) atoms. The van der Waals surface area contributed by atoms with Crippen LogP contribution >= 0.6 is 0 Å². The lowest BCUT2D eigenvalue weighted by Crippen LogP contribution is -2.40. The van der Waals surface area contributed by atoms with Gasteiger partial charge in [0.2, 0.25) is 5.91 Å². The predicted octanol–water partition coefficient (Wildman–Crippen LogP) is -0.127. The maximum atomic E-state index is 11.1. The molecule has 0 aromatic carbocycles. The van der Waals surface area contributed by atoms with Crippen LogP contribution in [0.4, 0.5) is 0 Å². The largest absolute Gasteiger partial charge is 0.352 e. The van der Waals surface area contributed by atoms with Crippen LogP contribution in [0.25, 0.3) is 0 Å². The van der Waals surface area contributed by atoms with Gasteiger partial charge >= 0.3 is 0 Å². The summed E-state index contributed by atoms with van der Waals surface area (Å²) in [5.41, 5.74) is 0. The molecule has 3 heteroatoms. The molecule has 0 saturated carbocycles. The summed E-state index contributed by atoms with van der Waals surface area (Å²) in [6.07, 6.45) is 1.02. The van der Waals surface area contributed by atoms with Crippen molar-refractivity contribution >= 4 is 5.91 Å². The molecule has 0 radical (unpaired) electrons. The Labute approximate surface area is 61.2 Å². The molecule has 1 aliphatic rings. The lowest BCUT2D eigenvalue weighted by Gasteiger charge is -2.09. The van der Waals surface area contributed by atoms with Gasteiger partial charge in [0.15, 0.2) is 0 Å². The highest BCUT2D eigenvalue weighted by atomic mass is 16.2. The third-order valence-electron chi connectivity index (χ3n) is 1.81. The minimum atomic E-state index is -0.0232. The van der Waals surface area contributed by atoms with Crippen molar-refractivity contribution in [1.29, 1.82) is 0 Å². The summed E-state index contributed by atoms with van der Waals surface area (Å²) in [6, 6.07) is 0.301. The molecule has 1 saturated heterocycles. The molecule has 1 fully saturated rings. The van der Waals surface area contributed by atoms with Crippen LogP contribution in [0.3, 0.4) is 0 Å². The highest BCUT2D eigenvalue weighted by Gasteiger charge is 2.17. The van der Waals surface area contributed by atoms with Gasteiger partial charge in [0.1, 0.15) is 0 Å². The molecule has 1 aliphatic heterocycles. The van der Waals surface area contributed by atoms with E-state index in [2.05, 4.69) is 10.6 Å². The minimum Gasteiger partial charge on any atom is -0.352 e. The fourth-order valence-corrected chi connectivity index (χ4v) is 1.05. The third kappa shape index (κ3) is 1.70. The van der Waals surface area contributed by atoms with Crippen molar-refractivity contribution in [2.24, 2.45) is 0 Å². The second-order valence-electron chi connectivity index (χ2n) is 2.87. The molecule has 0 spiro atoms. The summed E-state index contributed by atoms with van der Waals surface area (Å²) >= 11 is 0. The topological polar surface area (TPSA) is 41.1 Å². The van der Waals surface area contributed by atoms with Crippen LogP contribution < -0.4 is 10.6 Å². The molecule has 2 atom stereocenters. The van der Waals surface area contributed by atoms with Gasteiger partial charge in [0, 0.05) is 6.04 Å². The standard InChI is InChI=1S/C7H14N2O/c1-5-3-4-8-6(2)7(10)9-5/h5-6,8H,3-4H2,1-2H3,(H,9,10). The molecule has 1 rings (SSSR count). The predicted molar refractivity (Wildman–Crippen MR) is 39.7 cm³/mol. The van der Waals surface area contributed by atoms with Crippen molar-refractivity contribution in [3.63, 3.8) is 0 Å². The third-order valence-corrected chi connectivity index (χ3v) is 1.81. The summed E-state index contributed by atoms with van der Waals surface area (Å²) in [6.45, 7) is 4.84. The van der Waals surface area contributed by atoms with E-state index in [4.69, 9.17) is 0 Å². The molecule has 58 valence electrons. The number of hydrogen-bond acceptors (Lipinski definition) is 2. The fourth-order valence-electron chi connectivity index (χ4n) is 1.05. The van der Waals surface area contributed by atoms with Crippen molar-refractivity contribution in [3.8, 4) is 0 Å². The average Bonchev–Trinajstić information content (AvgIpc) is 1.96. The maximum absolute atomic E-state index is 11.1. The molecular formula is C7H14N2O. The van der Waals surface area contributed by atoms with Gasteiger partial charge in [-0.05, 0) is 26.8 Å². The van der Waals surface area contributed by atoms with Gasteiger partial charge < -0.3 is 10.6 Å². The highest BCUT2D eigenvalue weighted by Crippen LogP contribution is 1.96. The Morgan fingerprint density at radius 3 is 2.90 bits per heavy atom. The van der Waals surface area contributed by atoms with Gasteiger partial charge in [0.25, 0.3) is 0 Å². The number of nitrogens with one attached hydrogen (secondary N) is 2. The van der Waals surface area contributed by atoms with Crippen LogP contribution in [0.2, 0.25) is 0 Å². The highest BCUT2D eigenvalue weighted by molar-refractivity contribution is 5.81. The summed E-state index contributed by atoms with van der Waals surface area (Å²) < 4.78 is 0. The Balaban J connectivity index is 2.49. The lowest BCUT2D eigenvalue weighted by molar-refractivity contribution is -0.122. The van der Waals surface area contributed by atoms with Gasteiger partial charge in [0.05, 0.1) is 6.04 Å². The van der Waals surface area contributed by atoms with E-state index in [0.717, 1.165) is 13.0 Å². The molecule has 2 N–H and O–H groups in total. The van der Waals surface area contributed by atoms with Gasteiger partial charge in [-0.25, -0.2) is 0 Å². The summed E-state index contributed by atoms with van der Waals surface area (Å²) in [5.74, 6) is 0.116. The van der Waals surface area contributed by atoms with Crippen molar-refractivity contribution in [2.45, 2.75) is 32.4 Å². The number of carbonyl (C=O) groups is 1. The SMILES string of the molecule is CC1CCNC(C)C(=O)N1. The summed E-state index contributed by atoms with van der Waals surface area (Å²) in [7, 11) is 0. The van der Waals surface area contributed by atoms with Gasteiger partial charge in [-0.2, -0.15) is 0 Å². The number of amides is 1. The van der Waals surface area contributed by atoms with Crippen LogP contribution in [-0.2, 0) is 4.79 Å². The van der Waals surface area contributed by atoms with Gasteiger partial charge in [-0.3, -0.25) is 4.79 Å². The molecule has 2 unspecified atom stereocenters. The summed E-state index contributed by atoms with van der Waals surface area (Å²) in [5, 5.41) is 6.00. The molecule has 0 aliphatic carbocycles. The Morgan fingerprint density at radius 1 is 1.50 bits per heavy atom. The molecular weight excluding hydrogens is 128 g/mol. The van der Waals surface area contributed by atoms with Crippen LogP contribution in [0.5, 0.6) is 0 Å². The second kappa shape index (κ2) is 3.01. The Kier molecular flexibility index (Phi) is 2.27. The first-order chi connectivity index (χ1) is 4.70. The van der Waals surface area contributed by atoms with Crippen molar-refractivity contribution in [1.82, 2.24) is 10.6 Å². The zero-order valence-electron chi connectivity index (χ0n) is 6.48. The first-order valence-corrected chi connectivity index (χ1v) is 3.74. The van der Waals surface area contributed by atoms with Crippen molar-refractivity contribution in [3.05, 3.63) is 0 Å². The number of carbonyl (C=O) groups excluding carboxylic acids is 1. The van der Waals surface area contributed by atoms with E-state index in [1.165, 1.54) is 0 Å². The number of hydrogen-bond donors (Lipinski definition) is 2. The monoisotopic (exact) mass is 142 g/mol.